The Morgan fingerprint density at radius 3 is 2.47 bits per heavy atom. The van der Waals surface area contributed by atoms with Crippen molar-refractivity contribution in [2.45, 2.75) is 38.3 Å². The summed E-state index contributed by atoms with van der Waals surface area (Å²) in [5.74, 6) is -1.61. The first-order chi connectivity index (χ1) is 8.09. The van der Waals surface area contributed by atoms with Crippen LogP contribution in [0.3, 0.4) is 0 Å². The third kappa shape index (κ3) is 3.40. The molecule has 4 heteroatoms. The quantitative estimate of drug-likeness (QED) is 0.855. The second-order valence-electron chi connectivity index (χ2n) is 4.42. The first-order valence-electron chi connectivity index (χ1n) is 5.92. The summed E-state index contributed by atoms with van der Waals surface area (Å²) in [4.78, 5) is 0. The van der Waals surface area contributed by atoms with Gasteiger partial charge in [-0.25, -0.2) is 8.78 Å². The number of ether oxygens (including phenoxy) is 1. The molecule has 94 valence electrons. The first kappa shape index (κ1) is 12.3. The van der Waals surface area contributed by atoms with Gasteiger partial charge in [-0.2, -0.15) is 0 Å². The van der Waals surface area contributed by atoms with Crippen molar-refractivity contribution in [3.63, 3.8) is 0 Å². The van der Waals surface area contributed by atoms with E-state index < -0.39 is 5.92 Å². The van der Waals surface area contributed by atoms with Gasteiger partial charge in [0.1, 0.15) is 5.75 Å². The molecule has 0 radical (unpaired) electrons. The maximum Gasteiger partial charge on any atom is 0.251 e. The Balaban J connectivity index is 1.76. The lowest BCUT2D eigenvalue weighted by atomic mass is 9.88. The molecule has 0 unspecified atom stereocenters. The fraction of sp³-hybridized carbons (Fsp3) is 0.538. The second kappa shape index (κ2) is 5.00. The van der Waals surface area contributed by atoms with Crippen LogP contribution in [0, 0.1) is 0 Å². The largest absolute Gasteiger partial charge is 0.494 e. The minimum atomic E-state index is -2.45. The lowest BCUT2D eigenvalue weighted by Gasteiger charge is -2.35. The van der Waals surface area contributed by atoms with Gasteiger partial charge in [0.25, 0.3) is 5.92 Å². The van der Waals surface area contributed by atoms with Crippen LogP contribution in [-0.2, 0) is 6.54 Å². The molecule has 1 saturated carbocycles. The topological polar surface area (TPSA) is 21.3 Å². The molecule has 1 fully saturated rings. The standard InChI is InChI=1S/C13H17F2NO/c1-2-17-12-5-3-10(4-6-12)9-16-11-7-13(14,15)8-11/h3-6,11,16H,2,7-9H2,1H3. The molecule has 1 aliphatic carbocycles. The lowest BCUT2D eigenvalue weighted by molar-refractivity contribution is -0.0930. The second-order valence-corrected chi connectivity index (χ2v) is 4.42. The fourth-order valence-electron chi connectivity index (χ4n) is 1.94. The van der Waals surface area contributed by atoms with Gasteiger partial charge in [-0.3, -0.25) is 0 Å². The third-order valence-corrected chi connectivity index (χ3v) is 2.92. The number of alkyl halides is 2. The number of benzene rings is 1. The zero-order chi connectivity index (χ0) is 12.3. The molecule has 1 aromatic rings. The Morgan fingerprint density at radius 2 is 1.94 bits per heavy atom. The Bertz CT molecular complexity index is 356. The highest BCUT2D eigenvalue weighted by Crippen LogP contribution is 2.37. The molecular weight excluding hydrogens is 224 g/mol. The van der Waals surface area contributed by atoms with Crippen LogP contribution in [0.25, 0.3) is 0 Å². The molecule has 17 heavy (non-hydrogen) atoms. The highest BCUT2D eigenvalue weighted by atomic mass is 19.3. The van der Waals surface area contributed by atoms with Crippen LogP contribution < -0.4 is 10.1 Å². The zero-order valence-electron chi connectivity index (χ0n) is 9.88. The van der Waals surface area contributed by atoms with Gasteiger partial charge in [-0.15, -0.1) is 0 Å². The number of nitrogens with one attached hydrogen (secondary N) is 1. The molecule has 0 saturated heterocycles. The smallest absolute Gasteiger partial charge is 0.251 e. The molecule has 1 aromatic carbocycles. The van der Waals surface area contributed by atoms with E-state index in [4.69, 9.17) is 4.74 Å². The molecule has 0 spiro atoms. The summed E-state index contributed by atoms with van der Waals surface area (Å²) in [6.45, 7) is 3.22. The Kier molecular flexibility index (Phi) is 3.62. The van der Waals surface area contributed by atoms with E-state index in [1.807, 2.05) is 31.2 Å². The minimum absolute atomic E-state index is 0.0377. The minimum Gasteiger partial charge on any atom is -0.494 e. The van der Waals surface area contributed by atoms with Crippen molar-refractivity contribution in [1.82, 2.24) is 5.32 Å². The molecule has 2 rings (SSSR count). The van der Waals surface area contributed by atoms with Crippen LogP contribution in [0.5, 0.6) is 5.75 Å². The monoisotopic (exact) mass is 241 g/mol. The van der Waals surface area contributed by atoms with Crippen molar-refractivity contribution in [2.24, 2.45) is 0 Å². The van der Waals surface area contributed by atoms with Crippen LogP contribution in [0.1, 0.15) is 25.3 Å². The van der Waals surface area contributed by atoms with Crippen LogP contribution in [0.4, 0.5) is 8.78 Å². The van der Waals surface area contributed by atoms with Gasteiger partial charge in [0.05, 0.1) is 6.61 Å². The molecule has 0 atom stereocenters. The normalized spacial score (nSPS) is 18.8. The molecule has 1 aliphatic rings. The average molecular weight is 241 g/mol. The van der Waals surface area contributed by atoms with E-state index in [2.05, 4.69) is 5.32 Å². The van der Waals surface area contributed by atoms with E-state index in [0.717, 1.165) is 11.3 Å². The molecule has 2 nitrogen and oxygen atoms in total. The van der Waals surface area contributed by atoms with Crippen LogP contribution >= 0.6 is 0 Å². The SMILES string of the molecule is CCOc1ccc(CNC2CC(F)(F)C2)cc1. The molecule has 0 bridgehead atoms. The van der Waals surface area contributed by atoms with Crippen molar-refractivity contribution in [2.75, 3.05) is 6.61 Å². The number of hydrogen-bond donors (Lipinski definition) is 1. The number of halogens is 2. The van der Waals surface area contributed by atoms with E-state index in [9.17, 15) is 8.78 Å². The van der Waals surface area contributed by atoms with Gasteiger partial charge >= 0.3 is 0 Å². The molecule has 0 heterocycles. The summed E-state index contributed by atoms with van der Waals surface area (Å²) in [6.07, 6.45) is -0.0753. The number of hydrogen-bond acceptors (Lipinski definition) is 2. The van der Waals surface area contributed by atoms with Gasteiger partial charge in [0.15, 0.2) is 0 Å². The first-order valence-corrected chi connectivity index (χ1v) is 5.92. The van der Waals surface area contributed by atoms with Crippen molar-refractivity contribution in [3.05, 3.63) is 29.8 Å². The predicted molar refractivity (Wildman–Crippen MR) is 62.4 cm³/mol. The maximum atomic E-state index is 12.6. The van der Waals surface area contributed by atoms with E-state index in [1.54, 1.807) is 0 Å². The molecule has 0 aromatic heterocycles. The molecule has 1 N–H and O–H groups in total. The van der Waals surface area contributed by atoms with E-state index >= 15 is 0 Å². The highest BCUT2D eigenvalue weighted by molar-refractivity contribution is 5.27. The summed E-state index contributed by atoms with van der Waals surface area (Å²) in [5.41, 5.74) is 1.09. The molecular formula is C13H17F2NO. The zero-order valence-corrected chi connectivity index (χ0v) is 9.88. The lowest BCUT2D eigenvalue weighted by Crippen LogP contribution is -2.48. The van der Waals surface area contributed by atoms with E-state index in [0.29, 0.717) is 13.2 Å². The Morgan fingerprint density at radius 1 is 1.29 bits per heavy atom. The van der Waals surface area contributed by atoms with Crippen molar-refractivity contribution in [1.29, 1.82) is 0 Å². The van der Waals surface area contributed by atoms with Crippen molar-refractivity contribution < 1.29 is 13.5 Å². The summed E-state index contributed by atoms with van der Waals surface area (Å²) in [5, 5.41) is 3.12. The maximum absolute atomic E-state index is 12.6. The van der Waals surface area contributed by atoms with Gasteiger partial charge < -0.3 is 10.1 Å². The summed E-state index contributed by atoms with van der Waals surface area (Å²) < 4.78 is 30.5. The van der Waals surface area contributed by atoms with Gasteiger partial charge in [0, 0.05) is 25.4 Å². The Labute approximate surface area is 100.0 Å². The molecule has 0 amide bonds. The van der Waals surface area contributed by atoms with Crippen LogP contribution in [0.15, 0.2) is 24.3 Å². The van der Waals surface area contributed by atoms with Crippen molar-refractivity contribution >= 4 is 0 Å². The highest BCUT2D eigenvalue weighted by Gasteiger charge is 2.44. The van der Waals surface area contributed by atoms with Crippen molar-refractivity contribution in [3.8, 4) is 5.75 Å². The predicted octanol–water partition coefficient (Wildman–Crippen LogP) is 2.97. The average Bonchev–Trinajstić information content (AvgIpc) is 2.26. The van der Waals surface area contributed by atoms with E-state index in [1.165, 1.54) is 0 Å². The Hall–Kier alpha value is -1.16. The summed E-state index contributed by atoms with van der Waals surface area (Å²) >= 11 is 0. The van der Waals surface area contributed by atoms with Crippen LogP contribution in [0.2, 0.25) is 0 Å². The number of rotatable bonds is 5. The van der Waals surface area contributed by atoms with Gasteiger partial charge in [-0.05, 0) is 24.6 Å². The summed E-state index contributed by atoms with van der Waals surface area (Å²) in [7, 11) is 0. The fourth-order valence-corrected chi connectivity index (χ4v) is 1.94. The van der Waals surface area contributed by atoms with Gasteiger partial charge in [0.2, 0.25) is 0 Å². The molecule has 0 aliphatic heterocycles. The van der Waals surface area contributed by atoms with Gasteiger partial charge in [-0.1, -0.05) is 12.1 Å². The van der Waals surface area contributed by atoms with E-state index in [-0.39, 0.29) is 18.9 Å². The summed E-state index contributed by atoms with van der Waals surface area (Å²) in [6, 6.07) is 7.66. The van der Waals surface area contributed by atoms with Crippen LogP contribution in [-0.4, -0.2) is 18.6 Å². The third-order valence-electron chi connectivity index (χ3n) is 2.92.